The Labute approximate surface area is 190 Å². The summed E-state index contributed by atoms with van der Waals surface area (Å²) in [6.45, 7) is 0.169. The topological polar surface area (TPSA) is 95.2 Å². The molecule has 4 aromatic rings. The predicted molar refractivity (Wildman–Crippen MR) is 126 cm³/mol. The molecule has 7 heteroatoms. The number of hydrogen-bond acceptors (Lipinski definition) is 6. The minimum absolute atomic E-state index is 0.0366. The first-order valence-electron chi connectivity index (χ1n) is 10.2. The van der Waals surface area contributed by atoms with E-state index in [0.717, 1.165) is 5.56 Å². The van der Waals surface area contributed by atoms with Gasteiger partial charge in [-0.25, -0.2) is 5.01 Å². The van der Waals surface area contributed by atoms with Crippen molar-refractivity contribution in [3.63, 3.8) is 0 Å². The maximum atomic E-state index is 13.4. The summed E-state index contributed by atoms with van der Waals surface area (Å²) in [4.78, 5) is 29.0. The summed E-state index contributed by atoms with van der Waals surface area (Å²) in [5, 5.41) is 19.6. The van der Waals surface area contributed by atoms with E-state index < -0.39 is 0 Å². The largest absolute Gasteiger partial charge is 0.507 e. The summed E-state index contributed by atoms with van der Waals surface area (Å²) >= 11 is 0. The van der Waals surface area contributed by atoms with Gasteiger partial charge in [0, 0.05) is 23.5 Å². The molecule has 0 fully saturated rings. The van der Waals surface area contributed by atoms with E-state index in [1.807, 2.05) is 30.3 Å². The molecule has 1 N–H and O–H groups in total. The summed E-state index contributed by atoms with van der Waals surface area (Å²) in [7, 11) is 0. The fourth-order valence-corrected chi connectivity index (χ4v) is 3.35. The first-order valence-corrected chi connectivity index (χ1v) is 10.2. The Balaban J connectivity index is 1.90. The molecule has 1 aromatic heterocycles. The molecule has 0 unspecified atom stereocenters. The summed E-state index contributed by atoms with van der Waals surface area (Å²) in [6.07, 6.45) is 3.05. The number of carbonyl (C=O) groups excluding carboxylic acids is 1. The zero-order valence-corrected chi connectivity index (χ0v) is 17.6. The third-order valence-corrected chi connectivity index (χ3v) is 4.96. The lowest BCUT2D eigenvalue weighted by molar-refractivity contribution is 0.0748. The zero-order valence-electron chi connectivity index (χ0n) is 17.6. The number of nitroso groups, excluding NO2 is 1. The van der Waals surface area contributed by atoms with Crippen molar-refractivity contribution >= 4 is 17.3 Å². The molecule has 33 heavy (non-hydrogen) atoms. The molecule has 0 radical (unpaired) electrons. The molecule has 1 amide bonds. The minimum Gasteiger partial charge on any atom is -0.507 e. The van der Waals surface area contributed by atoms with Crippen molar-refractivity contribution in [1.82, 2.24) is 9.99 Å². The number of benzene rings is 3. The first-order chi connectivity index (χ1) is 16.2. The Morgan fingerprint density at radius 2 is 1.55 bits per heavy atom. The second kappa shape index (κ2) is 10.1. The van der Waals surface area contributed by atoms with Crippen LogP contribution in [0.25, 0.3) is 0 Å². The lowest BCUT2D eigenvalue weighted by atomic mass is 10.00. The number of phenolic OH excluding ortho intramolecular Hbond substituents is 1. The molecule has 0 atom stereocenters. The van der Waals surface area contributed by atoms with Crippen molar-refractivity contribution in [1.29, 1.82) is 0 Å². The van der Waals surface area contributed by atoms with E-state index in [9.17, 15) is 14.8 Å². The molecule has 0 aliphatic carbocycles. The molecule has 3 aromatic carbocycles. The van der Waals surface area contributed by atoms with Gasteiger partial charge in [0.25, 0.3) is 5.91 Å². The third kappa shape index (κ3) is 4.99. The number of pyridine rings is 1. The van der Waals surface area contributed by atoms with Crippen LogP contribution in [0.15, 0.2) is 114 Å². The standard InChI is InChI=1S/C26H20N4O3/c31-24-15-7-5-13-22(24)25(21-12-4-6-14-23(21)29-33)28-30(18-19-9-2-1-3-10-19)26(32)20-11-8-16-27-17-20/h1-17,31H,18H2/b28-25-. The summed E-state index contributed by atoms with van der Waals surface area (Å²) in [6, 6.07) is 26.0. The van der Waals surface area contributed by atoms with E-state index in [0.29, 0.717) is 16.7 Å². The van der Waals surface area contributed by atoms with E-state index in [4.69, 9.17) is 0 Å². The second-order valence-corrected chi connectivity index (χ2v) is 7.16. The van der Waals surface area contributed by atoms with Crippen LogP contribution in [-0.4, -0.2) is 26.7 Å². The Kier molecular flexibility index (Phi) is 6.61. The van der Waals surface area contributed by atoms with E-state index in [2.05, 4.69) is 15.3 Å². The van der Waals surface area contributed by atoms with Crippen LogP contribution in [0.2, 0.25) is 0 Å². The van der Waals surface area contributed by atoms with Crippen LogP contribution in [0.3, 0.4) is 0 Å². The van der Waals surface area contributed by atoms with Crippen molar-refractivity contribution in [2.45, 2.75) is 6.54 Å². The maximum absolute atomic E-state index is 13.4. The van der Waals surface area contributed by atoms with Gasteiger partial charge in [-0.3, -0.25) is 9.78 Å². The Bertz CT molecular complexity index is 1290. The van der Waals surface area contributed by atoms with Gasteiger partial charge in [-0.2, -0.15) is 5.10 Å². The van der Waals surface area contributed by atoms with Crippen LogP contribution in [0.5, 0.6) is 5.75 Å². The molecule has 7 nitrogen and oxygen atoms in total. The molecule has 162 valence electrons. The van der Waals surface area contributed by atoms with Gasteiger partial charge in [0.1, 0.15) is 17.1 Å². The fourth-order valence-electron chi connectivity index (χ4n) is 3.35. The fraction of sp³-hybridized carbons (Fsp3) is 0.0385. The molecule has 4 rings (SSSR count). The van der Waals surface area contributed by atoms with Crippen LogP contribution >= 0.6 is 0 Å². The van der Waals surface area contributed by atoms with E-state index in [1.165, 1.54) is 17.3 Å². The Hall–Kier alpha value is -4.65. The lowest BCUT2D eigenvalue weighted by Gasteiger charge is -2.20. The maximum Gasteiger partial charge on any atom is 0.275 e. The van der Waals surface area contributed by atoms with Gasteiger partial charge >= 0.3 is 0 Å². The number of hydrazone groups is 1. The predicted octanol–water partition coefficient (Wildman–Crippen LogP) is 5.28. The van der Waals surface area contributed by atoms with Gasteiger partial charge in [0.15, 0.2) is 0 Å². The number of hydrogen-bond donors (Lipinski definition) is 1. The molecule has 0 saturated heterocycles. The van der Waals surface area contributed by atoms with E-state index in [1.54, 1.807) is 60.8 Å². The van der Waals surface area contributed by atoms with Crippen LogP contribution < -0.4 is 0 Å². The van der Waals surface area contributed by atoms with Gasteiger partial charge < -0.3 is 5.11 Å². The van der Waals surface area contributed by atoms with Crippen LogP contribution in [0, 0.1) is 4.91 Å². The monoisotopic (exact) mass is 436 g/mol. The van der Waals surface area contributed by atoms with Gasteiger partial charge in [0.05, 0.1) is 12.1 Å². The molecule has 0 spiro atoms. The van der Waals surface area contributed by atoms with Gasteiger partial charge in [0.2, 0.25) is 0 Å². The smallest absolute Gasteiger partial charge is 0.275 e. The van der Waals surface area contributed by atoms with Crippen LogP contribution in [0.4, 0.5) is 5.69 Å². The average molecular weight is 436 g/mol. The summed E-state index contributed by atoms with van der Waals surface area (Å²) in [5.41, 5.74) is 2.37. The number of aromatic hydroxyl groups is 1. The van der Waals surface area contributed by atoms with Crippen molar-refractivity contribution in [2.75, 3.05) is 0 Å². The Morgan fingerprint density at radius 1 is 0.848 bits per heavy atom. The third-order valence-electron chi connectivity index (χ3n) is 4.96. The summed E-state index contributed by atoms with van der Waals surface area (Å²) < 4.78 is 0. The number of aromatic nitrogens is 1. The lowest BCUT2D eigenvalue weighted by Crippen LogP contribution is -2.27. The van der Waals surface area contributed by atoms with E-state index >= 15 is 0 Å². The van der Waals surface area contributed by atoms with Crippen LogP contribution in [0.1, 0.15) is 27.0 Å². The zero-order chi connectivity index (χ0) is 23.0. The number of phenols is 1. The molecule has 0 bridgehead atoms. The van der Waals surface area contributed by atoms with Gasteiger partial charge in [-0.1, -0.05) is 60.7 Å². The number of para-hydroxylation sites is 1. The van der Waals surface area contributed by atoms with Crippen molar-refractivity contribution < 1.29 is 9.90 Å². The number of nitrogens with zero attached hydrogens (tertiary/aromatic N) is 4. The molecule has 0 aliphatic rings. The highest BCUT2D eigenvalue weighted by atomic mass is 16.3. The minimum atomic E-state index is -0.378. The van der Waals surface area contributed by atoms with Crippen molar-refractivity contribution in [2.24, 2.45) is 10.3 Å². The van der Waals surface area contributed by atoms with Crippen molar-refractivity contribution in [3.8, 4) is 5.75 Å². The highest BCUT2D eigenvalue weighted by Crippen LogP contribution is 2.27. The molecular weight excluding hydrogens is 416 g/mol. The van der Waals surface area contributed by atoms with E-state index in [-0.39, 0.29) is 29.6 Å². The van der Waals surface area contributed by atoms with Crippen molar-refractivity contribution in [3.05, 3.63) is 131 Å². The average Bonchev–Trinajstić information content (AvgIpc) is 2.88. The highest BCUT2D eigenvalue weighted by Gasteiger charge is 2.21. The normalized spacial score (nSPS) is 11.1. The molecular formula is C26H20N4O3. The number of amides is 1. The van der Waals surface area contributed by atoms with Gasteiger partial charge in [-0.15, -0.1) is 4.91 Å². The second-order valence-electron chi connectivity index (χ2n) is 7.16. The quantitative estimate of drug-likeness (QED) is 0.242. The highest BCUT2D eigenvalue weighted by molar-refractivity contribution is 6.17. The van der Waals surface area contributed by atoms with Gasteiger partial charge in [-0.05, 0) is 41.1 Å². The van der Waals surface area contributed by atoms with Crippen LogP contribution in [-0.2, 0) is 6.54 Å². The molecule has 0 aliphatic heterocycles. The SMILES string of the molecule is O=Nc1ccccc1/C(=N/N(Cc1ccccc1)C(=O)c1cccnc1)c1ccccc1O. The molecule has 1 heterocycles. The number of carbonyl (C=O) groups is 1. The molecule has 0 saturated carbocycles. The number of rotatable bonds is 7. The Morgan fingerprint density at radius 3 is 2.24 bits per heavy atom. The first kappa shape index (κ1) is 21.6. The summed E-state index contributed by atoms with van der Waals surface area (Å²) in [5.74, 6) is -0.415.